The van der Waals surface area contributed by atoms with E-state index in [-0.39, 0.29) is 6.23 Å². The standard InChI is InChI=1S/C15H16N2O/c1-11-6-7-14-15-16(8-9-18-15)10-12-4-2-3-5-13(12)17(11)14/h2-7,15H,8-10H2,1H3/t15-/m0/s1. The second kappa shape index (κ2) is 3.70. The second-order valence-corrected chi connectivity index (χ2v) is 5.06. The third-order valence-electron chi connectivity index (χ3n) is 3.95. The molecule has 18 heavy (non-hydrogen) atoms. The van der Waals surface area contributed by atoms with Crippen LogP contribution in [0.1, 0.15) is 23.2 Å². The summed E-state index contributed by atoms with van der Waals surface area (Å²) in [6.07, 6.45) is 0.117. The molecule has 1 aromatic carbocycles. The molecule has 0 amide bonds. The first kappa shape index (κ1) is 10.4. The van der Waals surface area contributed by atoms with Crippen LogP contribution in [0, 0.1) is 6.92 Å². The zero-order chi connectivity index (χ0) is 12.1. The Hall–Kier alpha value is -1.58. The Morgan fingerprint density at radius 1 is 1.17 bits per heavy atom. The maximum atomic E-state index is 5.91. The van der Waals surface area contributed by atoms with Crippen LogP contribution in [-0.2, 0) is 11.3 Å². The molecular weight excluding hydrogens is 224 g/mol. The average molecular weight is 240 g/mol. The highest BCUT2D eigenvalue weighted by Gasteiger charge is 2.33. The van der Waals surface area contributed by atoms with E-state index < -0.39 is 0 Å². The summed E-state index contributed by atoms with van der Waals surface area (Å²) in [7, 11) is 0. The molecule has 2 aliphatic heterocycles. The van der Waals surface area contributed by atoms with Gasteiger partial charge in [0, 0.05) is 18.8 Å². The number of aromatic nitrogens is 1. The van der Waals surface area contributed by atoms with E-state index in [0.29, 0.717) is 0 Å². The lowest BCUT2D eigenvalue weighted by Gasteiger charge is -2.20. The van der Waals surface area contributed by atoms with E-state index in [1.165, 1.54) is 22.6 Å². The molecule has 3 nitrogen and oxygen atoms in total. The molecule has 2 aromatic rings. The van der Waals surface area contributed by atoms with Gasteiger partial charge in [-0.05, 0) is 30.7 Å². The van der Waals surface area contributed by atoms with E-state index in [1.807, 2.05) is 0 Å². The molecule has 0 N–H and O–H groups in total. The van der Waals surface area contributed by atoms with E-state index in [9.17, 15) is 0 Å². The molecule has 0 aliphatic carbocycles. The first-order valence-electron chi connectivity index (χ1n) is 6.47. The monoisotopic (exact) mass is 240 g/mol. The minimum Gasteiger partial charge on any atom is -0.356 e. The van der Waals surface area contributed by atoms with E-state index in [0.717, 1.165) is 19.7 Å². The fraction of sp³-hybridized carbons (Fsp3) is 0.333. The number of ether oxygens (including phenoxy) is 1. The van der Waals surface area contributed by atoms with Crippen molar-refractivity contribution in [3.63, 3.8) is 0 Å². The molecule has 1 aromatic heterocycles. The molecule has 0 unspecified atom stereocenters. The van der Waals surface area contributed by atoms with E-state index in [2.05, 4.69) is 52.8 Å². The van der Waals surface area contributed by atoms with Gasteiger partial charge >= 0.3 is 0 Å². The highest BCUT2D eigenvalue weighted by Crippen LogP contribution is 2.36. The molecule has 3 heteroatoms. The van der Waals surface area contributed by atoms with Crippen LogP contribution in [0.5, 0.6) is 0 Å². The summed E-state index contributed by atoms with van der Waals surface area (Å²) in [5, 5.41) is 0. The summed E-state index contributed by atoms with van der Waals surface area (Å²) in [6.45, 7) is 4.98. The molecule has 1 fully saturated rings. The summed E-state index contributed by atoms with van der Waals surface area (Å²) in [6, 6.07) is 13.0. The minimum absolute atomic E-state index is 0.117. The van der Waals surface area contributed by atoms with Crippen LogP contribution in [0.3, 0.4) is 0 Å². The lowest BCUT2D eigenvalue weighted by atomic mass is 10.1. The van der Waals surface area contributed by atoms with Gasteiger partial charge in [-0.2, -0.15) is 0 Å². The number of benzene rings is 1. The number of rotatable bonds is 0. The van der Waals surface area contributed by atoms with Gasteiger partial charge in [0.2, 0.25) is 0 Å². The van der Waals surface area contributed by atoms with Crippen LogP contribution in [0.25, 0.3) is 5.69 Å². The number of fused-ring (bicyclic) bond motifs is 5. The van der Waals surface area contributed by atoms with Crippen molar-refractivity contribution in [3.8, 4) is 5.69 Å². The van der Waals surface area contributed by atoms with Crippen LogP contribution in [0.4, 0.5) is 0 Å². The summed E-state index contributed by atoms with van der Waals surface area (Å²) < 4.78 is 8.25. The summed E-state index contributed by atoms with van der Waals surface area (Å²) in [4.78, 5) is 2.41. The maximum Gasteiger partial charge on any atom is 0.152 e. The van der Waals surface area contributed by atoms with Crippen molar-refractivity contribution in [2.45, 2.75) is 19.7 Å². The van der Waals surface area contributed by atoms with Gasteiger partial charge in [-0.15, -0.1) is 0 Å². The Morgan fingerprint density at radius 3 is 3.00 bits per heavy atom. The smallest absolute Gasteiger partial charge is 0.152 e. The van der Waals surface area contributed by atoms with Gasteiger partial charge in [0.15, 0.2) is 6.23 Å². The SMILES string of the molecule is Cc1ccc2n1-c1ccccc1CN1CCO[C@@H]21. The predicted octanol–water partition coefficient (Wildman–Crippen LogP) is 2.63. The maximum absolute atomic E-state index is 5.91. The second-order valence-electron chi connectivity index (χ2n) is 5.06. The van der Waals surface area contributed by atoms with Gasteiger partial charge in [-0.1, -0.05) is 18.2 Å². The van der Waals surface area contributed by atoms with Crippen LogP contribution >= 0.6 is 0 Å². The number of hydrogen-bond donors (Lipinski definition) is 0. The molecule has 4 rings (SSSR count). The Kier molecular flexibility index (Phi) is 2.13. The van der Waals surface area contributed by atoms with Gasteiger partial charge in [-0.3, -0.25) is 4.90 Å². The number of aryl methyl sites for hydroxylation is 1. The third kappa shape index (κ3) is 1.32. The fourth-order valence-corrected chi connectivity index (χ4v) is 3.10. The van der Waals surface area contributed by atoms with Crippen LogP contribution in [0.2, 0.25) is 0 Å². The van der Waals surface area contributed by atoms with E-state index in [4.69, 9.17) is 4.74 Å². The van der Waals surface area contributed by atoms with E-state index in [1.54, 1.807) is 0 Å². The molecule has 0 bridgehead atoms. The van der Waals surface area contributed by atoms with Crippen molar-refractivity contribution < 1.29 is 4.74 Å². The van der Waals surface area contributed by atoms with E-state index >= 15 is 0 Å². The van der Waals surface area contributed by atoms with Crippen molar-refractivity contribution >= 4 is 0 Å². The molecule has 3 heterocycles. The number of hydrogen-bond acceptors (Lipinski definition) is 2. The molecule has 2 aliphatic rings. The van der Waals surface area contributed by atoms with Gasteiger partial charge in [0.25, 0.3) is 0 Å². The Morgan fingerprint density at radius 2 is 2.06 bits per heavy atom. The topological polar surface area (TPSA) is 17.4 Å². The van der Waals surface area contributed by atoms with Crippen molar-refractivity contribution in [2.24, 2.45) is 0 Å². The third-order valence-corrected chi connectivity index (χ3v) is 3.95. The van der Waals surface area contributed by atoms with Gasteiger partial charge in [0.1, 0.15) is 0 Å². The minimum atomic E-state index is 0.117. The Balaban J connectivity index is 2.01. The first-order chi connectivity index (χ1) is 8.84. The zero-order valence-electron chi connectivity index (χ0n) is 10.5. The zero-order valence-corrected chi connectivity index (χ0v) is 10.5. The van der Waals surface area contributed by atoms with Gasteiger partial charge < -0.3 is 9.30 Å². The highest BCUT2D eigenvalue weighted by molar-refractivity contribution is 5.46. The van der Waals surface area contributed by atoms with Crippen LogP contribution in [0.15, 0.2) is 36.4 Å². The van der Waals surface area contributed by atoms with Crippen LogP contribution < -0.4 is 0 Å². The Labute approximate surface area is 107 Å². The molecule has 0 saturated carbocycles. The van der Waals surface area contributed by atoms with Crippen molar-refractivity contribution in [3.05, 3.63) is 53.3 Å². The first-order valence-corrected chi connectivity index (χ1v) is 6.47. The lowest BCUT2D eigenvalue weighted by Crippen LogP contribution is -2.22. The molecule has 1 atom stereocenters. The van der Waals surface area contributed by atoms with Crippen molar-refractivity contribution in [2.75, 3.05) is 13.2 Å². The molecule has 0 radical (unpaired) electrons. The summed E-state index contributed by atoms with van der Waals surface area (Å²) in [5.74, 6) is 0. The molecular formula is C15H16N2O. The van der Waals surface area contributed by atoms with Crippen molar-refractivity contribution in [1.82, 2.24) is 9.47 Å². The predicted molar refractivity (Wildman–Crippen MR) is 69.6 cm³/mol. The lowest BCUT2D eigenvalue weighted by molar-refractivity contribution is 0.0264. The normalized spacial score (nSPS) is 22.2. The van der Waals surface area contributed by atoms with Gasteiger partial charge in [-0.25, -0.2) is 0 Å². The largest absolute Gasteiger partial charge is 0.356 e. The number of para-hydroxylation sites is 1. The fourth-order valence-electron chi connectivity index (χ4n) is 3.10. The molecule has 1 saturated heterocycles. The Bertz CT molecular complexity index is 602. The van der Waals surface area contributed by atoms with Gasteiger partial charge in [0.05, 0.1) is 18.0 Å². The average Bonchev–Trinajstić information content (AvgIpc) is 2.94. The highest BCUT2D eigenvalue weighted by atomic mass is 16.5. The summed E-state index contributed by atoms with van der Waals surface area (Å²) in [5.41, 5.74) is 5.21. The summed E-state index contributed by atoms with van der Waals surface area (Å²) >= 11 is 0. The van der Waals surface area contributed by atoms with Crippen molar-refractivity contribution in [1.29, 1.82) is 0 Å². The number of nitrogens with zero attached hydrogens (tertiary/aromatic N) is 2. The molecule has 0 spiro atoms. The molecule has 92 valence electrons. The van der Waals surface area contributed by atoms with Crippen LogP contribution in [-0.4, -0.2) is 22.6 Å². The quantitative estimate of drug-likeness (QED) is 0.704.